The van der Waals surface area contributed by atoms with Crippen LogP contribution in [0.3, 0.4) is 0 Å². The van der Waals surface area contributed by atoms with E-state index in [2.05, 4.69) is 5.32 Å². The van der Waals surface area contributed by atoms with E-state index in [1.807, 2.05) is 24.3 Å². The van der Waals surface area contributed by atoms with Crippen molar-refractivity contribution in [1.82, 2.24) is 5.32 Å². The highest BCUT2D eigenvalue weighted by atomic mass is 35.5. The maximum absolute atomic E-state index is 11.8. The molecule has 0 aromatic heterocycles. The highest BCUT2D eigenvalue weighted by Crippen LogP contribution is 2.30. The highest BCUT2D eigenvalue weighted by Gasteiger charge is 2.21. The Kier molecular flexibility index (Phi) is 4.88. The van der Waals surface area contributed by atoms with Gasteiger partial charge in [0, 0.05) is 0 Å². The van der Waals surface area contributed by atoms with E-state index in [1.165, 1.54) is 0 Å². The number of benzene rings is 2. The highest BCUT2D eigenvalue weighted by molar-refractivity contribution is 6.32. The van der Waals surface area contributed by atoms with Gasteiger partial charge in [0.25, 0.3) is 5.91 Å². The normalized spacial score (nSPS) is 15.8. The van der Waals surface area contributed by atoms with Crippen molar-refractivity contribution in [3.63, 3.8) is 0 Å². The van der Waals surface area contributed by atoms with Crippen molar-refractivity contribution < 1.29 is 19.0 Å². The van der Waals surface area contributed by atoms with Gasteiger partial charge in [-0.15, -0.1) is 0 Å². The SMILES string of the molecule is O=C(COc1ccccc1Cl)NCC1COc2ccccc2O1. The van der Waals surface area contributed by atoms with E-state index in [0.29, 0.717) is 29.7 Å². The number of halogens is 1. The molecule has 0 fully saturated rings. The fraction of sp³-hybridized carbons (Fsp3) is 0.235. The predicted octanol–water partition coefficient (Wildman–Crippen LogP) is 2.68. The molecule has 3 rings (SSSR count). The van der Waals surface area contributed by atoms with Crippen molar-refractivity contribution in [2.24, 2.45) is 0 Å². The van der Waals surface area contributed by atoms with Gasteiger partial charge >= 0.3 is 0 Å². The second-order valence-electron chi connectivity index (χ2n) is 5.02. The van der Waals surface area contributed by atoms with Crippen molar-refractivity contribution in [3.05, 3.63) is 53.6 Å². The van der Waals surface area contributed by atoms with Crippen LogP contribution in [-0.2, 0) is 4.79 Å². The number of hydrogen-bond acceptors (Lipinski definition) is 4. The third-order valence-corrected chi connectivity index (χ3v) is 3.60. The van der Waals surface area contributed by atoms with Crippen LogP contribution in [0.4, 0.5) is 0 Å². The molecule has 1 aliphatic heterocycles. The minimum Gasteiger partial charge on any atom is -0.486 e. The van der Waals surface area contributed by atoms with Gasteiger partial charge in [0.2, 0.25) is 0 Å². The first kappa shape index (κ1) is 15.5. The van der Waals surface area contributed by atoms with E-state index in [9.17, 15) is 4.79 Å². The largest absolute Gasteiger partial charge is 0.486 e. The molecule has 2 aromatic rings. The number of carbonyl (C=O) groups excluding carboxylic acids is 1. The molecule has 1 N–H and O–H groups in total. The molecule has 6 heteroatoms. The average Bonchev–Trinajstić information content (AvgIpc) is 2.59. The molecule has 23 heavy (non-hydrogen) atoms. The summed E-state index contributed by atoms with van der Waals surface area (Å²) in [6.45, 7) is 0.635. The van der Waals surface area contributed by atoms with Crippen LogP contribution in [0.2, 0.25) is 5.02 Å². The maximum Gasteiger partial charge on any atom is 0.258 e. The maximum atomic E-state index is 11.8. The zero-order valence-electron chi connectivity index (χ0n) is 12.3. The van der Waals surface area contributed by atoms with Crippen molar-refractivity contribution in [1.29, 1.82) is 0 Å². The number of amides is 1. The first-order valence-electron chi connectivity index (χ1n) is 7.25. The minimum atomic E-state index is -0.243. The van der Waals surface area contributed by atoms with Crippen LogP contribution < -0.4 is 19.5 Å². The molecule has 120 valence electrons. The Balaban J connectivity index is 1.44. The fourth-order valence-electron chi connectivity index (χ4n) is 2.15. The molecule has 2 aromatic carbocycles. The van der Waals surface area contributed by atoms with E-state index >= 15 is 0 Å². The van der Waals surface area contributed by atoms with Crippen LogP contribution in [0.1, 0.15) is 0 Å². The summed E-state index contributed by atoms with van der Waals surface area (Å²) < 4.78 is 16.7. The van der Waals surface area contributed by atoms with Crippen LogP contribution in [-0.4, -0.2) is 31.8 Å². The van der Waals surface area contributed by atoms with Crippen LogP contribution in [0.25, 0.3) is 0 Å². The topological polar surface area (TPSA) is 56.8 Å². The molecule has 1 heterocycles. The van der Waals surface area contributed by atoms with Crippen molar-refractivity contribution in [2.75, 3.05) is 19.8 Å². The fourth-order valence-corrected chi connectivity index (χ4v) is 2.34. The Morgan fingerprint density at radius 3 is 2.74 bits per heavy atom. The Hall–Kier alpha value is -2.40. The van der Waals surface area contributed by atoms with Crippen molar-refractivity contribution in [2.45, 2.75) is 6.10 Å². The van der Waals surface area contributed by atoms with E-state index in [1.54, 1.807) is 24.3 Å². The summed E-state index contributed by atoms with van der Waals surface area (Å²) in [7, 11) is 0. The monoisotopic (exact) mass is 333 g/mol. The molecular formula is C17H16ClNO4. The summed E-state index contributed by atoms with van der Waals surface area (Å²) >= 11 is 5.96. The summed E-state index contributed by atoms with van der Waals surface area (Å²) in [4.78, 5) is 11.8. The van der Waals surface area contributed by atoms with Gasteiger partial charge in [-0.3, -0.25) is 4.79 Å². The number of hydrogen-bond donors (Lipinski definition) is 1. The van der Waals surface area contributed by atoms with E-state index < -0.39 is 0 Å². The summed E-state index contributed by atoms with van der Waals surface area (Å²) in [5, 5.41) is 3.23. The van der Waals surface area contributed by atoms with Gasteiger partial charge in [0.15, 0.2) is 18.1 Å². The van der Waals surface area contributed by atoms with Gasteiger partial charge in [-0.25, -0.2) is 0 Å². The number of nitrogens with one attached hydrogen (secondary N) is 1. The third-order valence-electron chi connectivity index (χ3n) is 3.29. The molecule has 1 unspecified atom stereocenters. The van der Waals surface area contributed by atoms with E-state index in [4.69, 9.17) is 25.8 Å². The summed E-state index contributed by atoms with van der Waals surface area (Å²) in [6, 6.07) is 14.5. The predicted molar refractivity (Wildman–Crippen MR) is 86.3 cm³/mol. The summed E-state index contributed by atoms with van der Waals surface area (Å²) in [5.74, 6) is 1.64. The van der Waals surface area contributed by atoms with Gasteiger partial charge in [0.05, 0.1) is 11.6 Å². The van der Waals surface area contributed by atoms with Gasteiger partial charge < -0.3 is 19.5 Å². The number of carbonyl (C=O) groups is 1. The molecular weight excluding hydrogens is 318 g/mol. The van der Waals surface area contributed by atoms with Crippen LogP contribution in [0, 0.1) is 0 Å². The van der Waals surface area contributed by atoms with Gasteiger partial charge in [-0.05, 0) is 24.3 Å². The van der Waals surface area contributed by atoms with Gasteiger partial charge in [0.1, 0.15) is 18.5 Å². The second kappa shape index (κ2) is 7.24. The zero-order chi connectivity index (χ0) is 16.1. The number of rotatable bonds is 5. The standard InChI is InChI=1S/C17H16ClNO4/c18-13-5-1-2-6-14(13)22-11-17(20)19-9-12-10-21-15-7-3-4-8-16(15)23-12/h1-8,12H,9-11H2,(H,19,20). The zero-order valence-corrected chi connectivity index (χ0v) is 13.1. The molecule has 1 aliphatic rings. The Bertz CT molecular complexity index is 692. The molecule has 1 amide bonds. The lowest BCUT2D eigenvalue weighted by Crippen LogP contribution is -2.42. The van der Waals surface area contributed by atoms with Crippen molar-refractivity contribution in [3.8, 4) is 17.2 Å². The molecule has 0 aliphatic carbocycles. The minimum absolute atomic E-state index is 0.103. The molecule has 5 nitrogen and oxygen atoms in total. The van der Waals surface area contributed by atoms with Crippen LogP contribution in [0.15, 0.2) is 48.5 Å². The van der Waals surface area contributed by atoms with Gasteiger partial charge in [-0.1, -0.05) is 35.9 Å². The smallest absolute Gasteiger partial charge is 0.258 e. The molecule has 0 spiro atoms. The molecule has 0 radical (unpaired) electrons. The molecule has 1 atom stereocenters. The Morgan fingerprint density at radius 1 is 1.17 bits per heavy atom. The average molecular weight is 334 g/mol. The van der Waals surface area contributed by atoms with Crippen LogP contribution in [0.5, 0.6) is 17.2 Å². The first-order valence-corrected chi connectivity index (χ1v) is 7.62. The summed E-state index contributed by atoms with van der Waals surface area (Å²) in [5.41, 5.74) is 0. The number of para-hydroxylation sites is 3. The second-order valence-corrected chi connectivity index (χ2v) is 5.43. The Morgan fingerprint density at radius 2 is 1.91 bits per heavy atom. The van der Waals surface area contributed by atoms with Gasteiger partial charge in [-0.2, -0.15) is 0 Å². The lowest BCUT2D eigenvalue weighted by atomic mass is 10.2. The van der Waals surface area contributed by atoms with Crippen LogP contribution >= 0.6 is 11.6 Å². The number of ether oxygens (including phenoxy) is 3. The lowest BCUT2D eigenvalue weighted by molar-refractivity contribution is -0.123. The Labute approximate surface area is 139 Å². The number of fused-ring (bicyclic) bond motifs is 1. The lowest BCUT2D eigenvalue weighted by Gasteiger charge is -2.26. The van der Waals surface area contributed by atoms with Crippen molar-refractivity contribution >= 4 is 17.5 Å². The summed E-state index contributed by atoms with van der Waals surface area (Å²) in [6.07, 6.45) is -0.228. The quantitative estimate of drug-likeness (QED) is 0.914. The molecule has 0 saturated carbocycles. The molecule has 0 bridgehead atoms. The van der Waals surface area contributed by atoms with E-state index in [0.717, 1.165) is 5.75 Å². The third kappa shape index (κ3) is 4.07. The van der Waals surface area contributed by atoms with E-state index in [-0.39, 0.29) is 18.6 Å². The molecule has 0 saturated heterocycles. The first-order chi connectivity index (χ1) is 11.2.